The van der Waals surface area contributed by atoms with Crippen molar-refractivity contribution in [3.8, 4) is 0 Å². The molecule has 1 aliphatic heterocycles. The molecule has 8 nitrogen and oxygen atoms in total. The highest BCUT2D eigenvalue weighted by molar-refractivity contribution is 6.46. The van der Waals surface area contributed by atoms with Gasteiger partial charge in [0.2, 0.25) is 0 Å². The van der Waals surface area contributed by atoms with Crippen molar-refractivity contribution in [2.24, 2.45) is 0 Å². The Labute approximate surface area is 195 Å². The zero-order valence-electron chi connectivity index (χ0n) is 16.8. The highest BCUT2D eigenvalue weighted by Crippen LogP contribution is 2.34. The second kappa shape index (κ2) is 10.4. The summed E-state index contributed by atoms with van der Waals surface area (Å²) in [6, 6.07) is 7.51. The van der Waals surface area contributed by atoms with Crippen LogP contribution in [0.2, 0.25) is 15.2 Å². The molecule has 166 valence electrons. The first-order valence-corrected chi connectivity index (χ1v) is 10.8. The van der Waals surface area contributed by atoms with Crippen LogP contribution in [0.1, 0.15) is 17.4 Å². The summed E-state index contributed by atoms with van der Waals surface area (Å²) in [6.07, 6.45) is 0. The summed E-state index contributed by atoms with van der Waals surface area (Å²) in [7, 11) is 0. The highest BCUT2D eigenvalue weighted by Gasteiger charge is 2.22. The van der Waals surface area contributed by atoms with Gasteiger partial charge in [0.25, 0.3) is 5.91 Å². The number of halogens is 3. The average Bonchev–Trinajstić information content (AvgIpc) is 2.79. The van der Waals surface area contributed by atoms with Gasteiger partial charge in [-0.1, -0.05) is 41.7 Å². The molecular formula is C20H22Cl3N5O3. The smallest absolute Gasteiger partial charge is 0.359 e. The van der Waals surface area contributed by atoms with Gasteiger partial charge in [-0.05, 0) is 30.8 Å². The van der Waals surface area contributed by atoms with Crippen LogP contribution in [0, 0.1) is 0 Å². The molecule has 11 heteroatoms. The largest absolute Gasteiger partial charge is 0.451 e. The number of aromatic nitrogens is 1. The van der Waals surface area contributed by atoms with Gasteiger partial charge in [0.1, 0.15) is 5.02 Å². The molecule has 31 heavy (non-hydrogen) atoms. The molecule has 0 radical (unpaired) electrons. The van der Waals surface area contributed by atoms with Gasteiger partial charge >= 0.3 is 5.97 Å². The van der Waals surface area contributed by atoms with Crippen molar-refractivity contribution in [3.63, 3.8) is 0 Å². The van der Waals surface area contributed by atoms with Crippen molar-refractivity contribution >= 4 is 63.7 Å². The van der Waals surface area contributed by atoms with Crippen LogP contribution in [0.4, 0.5) is 17.1 Å². The zero-order valence-corrected chi connectivity index (χ0v) is 19.1. The summed E-state index contributed by atoms with van der Waals surface area (Å²) in [5.41, 5.74) is 6.97. The zero-order chi connectivity index (χ0) is 22.5. The van der Waals surface area contributed by atoms with Gasteiger partial charge in [-0.25, -0.2) is 9.78 Å². The number of esters is 1. The van der Waals surface area contributed by atoms with Crippen molar-refractivity contribution in [1.82, 2.24) is 9.88 Å². The number of anilines is 3. The molecule has 0 saturated carbocycles. The number of hydrogen-bond donors (Lipinski definition) is 2. The van der Waals surface area contributed by atoms with Gasteiger partial charge in [-0.15, -0.1) is 0 Å². The van der Waals surface area contributed by atoms with E-state index < -0.39 is 18.5 Å². The lowest BCUT2D eigenvalue weighted by molar-refractivity contribution is -0.119. The number of nitrogen functional groups attached to an aromatic ring is 1. The minimum atomic E-state index is -0.938. The van der Waals surface area contributed by atoms with E-state index in [1.165, 1.54) is 0 Å². The Bertz CT molecular complexity index is 964. The van der Waals surface area contributed by atoms with E-state index in [0.717, 1.165) is 38.4 Å². The van der Waals surface area contributed by atoms with Crippen LogP contribution in [0.3, 0.4) is 0 Å². The van der Waals surface area contributed by atoms with Crippen LogP contribution in [0.5, 0.6) is 0 Å². The summed E-state index contributed by atoms with van der Waals surface area (Å²) in [4.78, 5) is 32.8. The molecule has 2 heterocycles. The molecule has 1 aliphatic rings. The summed E-state index contributed by atoms with van der Waals surface area (Å²) in [5, 5.41) is 2.25. The maximum atomic E-state index is 12.2. The number of nitrogens with one attached hydrogen (secondary N) is 1. The van der Waals surface area contributed by atoms with Crippen LogP contribution in [-0.4, -0.2) is 61.1 Å². The van der Waals surface area contributed by atoms with Gasteiger partial charge < -0.3 is 25.6 Å². The lowest BCUT2D eigenvalue weighted by Crippen LogP contribution is -2.46. The number of carbonyl (C=O) groups excluding carboxylic acids is 2. The highest BCUT2D eigenvalue weighted by atomic mass is 35.5. The number of amides is 1. The SMILES string of the molecule is CCN1CCN(c2ccc(NC(=O)COC(=O)c3nc(Cl)c(Cl)c(N)c3Cl)cc2)CC1. The summed E-state index contributed by atoms with van der Waals surface area (Å²) >= 11 is 17.6. The third kappa shape index (κ3) is 5.71. The molecule has 1 saturated heterocycles. The molecule has 0 atom stereocenters. The molecule has 2 aromatic rings. The standard InChI is InChI=1S/C20H22Cl3N5O3/c1-2-27-7-9-28(10-8-27)13-5-3-12(4-6-13)25-14(29)11-31-20(30)18-15(21)17(24)16(22)19(23)26-18/h3-6H,2,7-11H2,1H3,(H2,24,26)(H,25,29). The number of rotatable bonds is 6. The maximum Gasteiger partial charge on any atom is 0.359 e. The van der Waals surface area contributed by atoms with Crippen molar-refractivity contribution < 1.29 is 14.3 Å². The molecule has 0 aliphatic carbocycles. The minimum absolute atomic E-state index is 0.0587. The Balaban J connectivity index is 1.53. The number of likely N-dealkylation sites (N-methyl/N-ethyl adjacent to an activating group) is 1. The molecule has 0 bridgehead atoms. The minimum Gasteiger partial charge on any atom is -0.451 e. The van der Waals surface area contributed by atoms with E-state index in [9.17, 15) is 9.59 Å². The number of nitrogens with zero attached hydrogens (tertiary/aromatic N) is 3. The van der Waals surface area contributed by atoms with Gasteiger partial charge in [-0.3, -0.25) is 4.79 Å². The van der Waals surface area contributed by atoms with E-state index in [2.05, 4.69) is 27.0 Å². The average molecular weight is 487 g/mol. The third-order valence-corrected chi connectivity index (χ3v) is 6.07. The molecule has 0 unspecified atom stereocenters. The van der Waals surface area contributed by atoms with E-state index in [0.29, 0.717) is 5.69 Å². The number of pyridine rings is 1. The molecule has 3 N–H and O–H groups in total. The van der Waals surface area contributed by atoms with Crippen LogP contribution in [0.25, 0.3) is 0 Å². The molecule has 0 spiro atoms. The molecular weight excluding hydrogens is 465 g/mol. The van der Waals surface area contributed by atoms with Gasteiger partial charge in [-0.2, -0.15) is 0 Å². The Morgan fingerprint density at radius 1 is 1.10 bits per heavy atom. The van der Waals surface area contributed by atoms with E-state index in [1.54, 1.807) is 12.1 Å². The van der Waals surface area contributed by atoms with E-state index >= 15 is 0 Å². The summed E-state index contributed by atoms with van der Waals surface area (Å²) in [5.74, 6) is -1.45. The van der Waals surface area contributed by atoms with Gasteiger partial charge in [0.05, 0.1) is 10.7 Å². The lowest BCUT2D eigenvalue weighted by atomic mass is 10.2. The molecule has 3 rings (SSSR count). The van der Waals surface area contributed by atoms with Crippen molar-refractivity contribution in [2.45, 2.75) is 6.92 Å². The Kier molecular flexibility index (Phi) is 7.83. The number of benzene rings is 1. The number of ether oxygens (including phenoxy) is 1. The van der Waals surface area contributed by atoms with Crippen molar-refractivity contribution in [3.05, 3.63) is 45.2 Å². The first-order chi connectivity index (χ1) is 14.8. The van der Waals surface area contributed by atoms with Crippen molar-refractivity contribution in [1.29, 1.82) is 0 Å². The lowest BCUT2D eigenvalue weighted by Gasteiger charge is -2.35. The number of piperazine rings is 1. The number of hydrogen-bond acceptors (Lipinski definition) is 7. The summed E-state index contributed by atoms with van der Waals surface area (Å²) in [6.45, 7) is 6.68. The normalized spacial score (nSPS) is 14.4. The fourth-order valence-electron chi connectivity index (χ4n) is 3.14. The molecule has 1 amide bonds. The second-order valence-electron chi connectivity index (χ2n) is 6.89. The van der Waals surface area contributed by atoms with Crippen LogP contribution >= 0.6 is 34.8 Å². The Hall–Kier alpha value is -2.26. The van der Waals surface area contributed by atoms with Gasteiger partial charge in [0.15, 0.2) is 17.5 Å². The predicted molar refractivity (Wildman–Crippen MR) is 123 cm³/mol. The van der Waals surface area contributed by atoms with Gasteiger partial charge in [0, 0.05) is 37.6 Å². The van der Waals surface area contributed by atoms with E-state index in [1.807, 2.05) is 12.1 Å². The Morgan fingerprint density at radius 2 is 1.74 bits per heavy atom. The molecule has 1 aromatic heterocycles. The Morgan fingerprint density at radius 3 is 2.35 bits per heavy atom. The topological polar surface area (TPSA) is 101 Å². The van der Waals surface area contributed by atoms with Crippen LogP contribution in [0.15, 0.2) is 24.3 Å². The monoisotopic (exact) mass is 485 g/mol. The molecule has 1 aromatic carbocycles. The number of nitrogens with two attached hydrogens (primary N) is 1. The third-order valence-electron chi connectivity index (χ3n) is 4.94. The van der Waals surface area contributed by atoms with Crippen LogP contribution < -0.4 is 16.0 Å². The van der Waals surface area contributed by atoms with E-state index in [4.69, 9.17) is 45.3 Å². The van der Waals surface area contributed by atoms with Crippen molar-refractivity contribution in [2.75, 3.05) is 55.3 Å². The quantitative estimate of drug-likeness (QED) is 0.475. The maximum absolute atomic E-state index is 12.2. The number of carbonyl (C=O) groups is 2. The van der Waals surface area contributed by atoms with E-state index in [-0.39, 0.29) is 26.6 Å². The van der Waals surface area contributed by atoms with Crippen LogP contribution in [-0.2, 0) is 9.53 Å². The first-order valence-electron chi connectivity index (χ1n) is 9.64. The fourth-order valence-corrected chi connectivity index (χ4v) is 3.73. The summed E-state index contributed by atoms with van der Waals surface area (Å²) < 4.78 is 4.96. The molecule has 1 fully saturated rings. The fraction of sp³-hybridized carbons (Fsp3) is 0.350. The predicted octanol–water partition coefficient (Wildman–Crippen LogP) is 3.56. The first kappa shape index (κ1) is 23.4. The second-order valence-corrected chi connectivity index (χ2v) is 8.00.